The van der Waals surface area contributed by atoms with Gasteiger partial charge in [0.2, 0.25) is 0 Å². The van der Waals surface area contributed by atoms with E-state index in [9.17, 15) is 9.90 Å². The van der Waals surface area contributed by atoms with Crippen LogP contribution in [0.2, 0.25) is 0 Å². The Labute approximate surface area is 187 Å². The van der Waals surface area contributed by atoms with Gasteiger partial charge in [-0.25, -0.2) is 0 Å². The van der Waals surface area contributed by atoms with Crippen molar-refractivity contribution >= 4 is 16.8 Å². The molecule has 1 N–H and O–H groups in total. The number of rotatable bonds is 3. The molecule has 2 aromatic heterocycles. The van der Waals surface area contributed by atoms with Crippen LogP contribution < -0.4 is 0 Å². The third-order valence-electron chi connectivity index (χ3n) is 7.20. The number of likely N-dealkylation sites (tertiary alicyclic amines) is 1. The first kappa shape index (κ1) is 19.8. The second-order valence-electron chi connectivity index (χ2n) is 9.53. The molecule has 0 unspecified atom stereocenters. The smallest absolute Gasteiger partial charge is 0.255 e. The van der Waals surface area contributed by atoms with Crippen LogP contribution in [0.4, 0.5) is 0 Å². The first-order valence-corrected chi connectivity index (χ1v) is 11.3. The number of hydrogen-bond donors (Lipinski definition) is 1. The summed E-state index contributed by atoms with van der Waals surface area (Å²) in [5.74, 6) is 0.0377. The third kappa shape index (κ3) is 3.37. The Morgan fingerprint density at radius 2 is 1.97 bits per heavy atom. The van der Waals surface area contributed by atoms with E-state index in [-0.39, 0.29) is 23.6 Å². The number of para-hydroxylation sites is 1. The topological polar surface area (TPSA) is 72.8 Å². The third-order valence-corrected chi connectivity index (χ3v) is 7.20. The molecular formula is C25H27N5O2. The predicted molar refractivity (Wildman–Crippen MR) is 121 cm³/mol. The maximum absolute atomic E-state index is 13.2. The van der Waals surface area contributed by atoms with E-state index in [1.54, 1.807) is 18.5 Å². The minimum atomic E-state index is -0.316. The standard InChI is InChI=1S/C25H27N5O2/c31-22-9-21-13-29(24(32)20-5-3-7-26-11-20)17-25(30(21)14-22)15-28(16-25)12-18-8-19-4-1-2-6-23(19)27-10-18/h1-8,10-11,21-22,31H,9,12-17H2/t21-,22+/m0/s1. The number of pyridine rings is 2. The fraction of sp³-hybridized carbons (Fsp3) is 0.400. The van der Waals surface area contributed by atoms with Gasteiger partial charge in [0.15, 0.2) is 0 Å². The van der Waals surface area contributed by atoms with E-state index in [4.69, 9.17) is 0 Å². The molecule has 6 rings (SSSR count). The van der Waals surface area contributed by atoms with Crippen LogP contribution in [0.1, 0.15) is 22.3 Å². The van der Waals surface area contributed by atoms with Crippen LogP contribution in [0.15, 0.2) is 61.1 Å². The molecule has 0 radical (unpaired) electrons. The van der Waals surface area contributed by atoms with Crippen LogP contribution in [0.5, 0.6) is 0 Å². The average molecular weight is 430 g/mol. The Balaban J connectivity index is 1.20. The lowest BCUT2D eigenvalue weighted by atomic mass is 9.83. The summed E-state index contributed by atoms with van der Waals surface area (Å²) in [6.45, 7) is 4.68. The molecular weight excluding hydrogens is 402 g/mol. The van der Waals surface area contributed by atoms with E-state index < -0.39 is 0 Å². The van der Waals surface area contributed by atoms with Crippen molar-refractivity contribution < 1.29 is 9.90 Å². The molecule has 1 amide bonds. The highest BCUT2D eigenvalue weighted by molar-refractivity contribution is 5.94. The quantitative estimate of drug-likeness (QED) is 0.684. The molecule has 32 heavy (non-hydrogen) atoms. The van der Waals surface area contributed by atoms with Gasteiger partial charge in [0, 0.05) is 69.3 Å². The number of nitrogens with zero attached hydrogens (tertiary/aromatic N) is 5. The van der Waals surface area contributed by atoms with Crippen molar-refractivity contribution in [3.8, 4) is 0 Å². The van der Waals surface area contributed by atoms with Gasteiger partial charge in [-0.1, -0.05) is 18.2 Å². The first-order valence-electron chi connectivity index (χ1n) is 11.3. The van der Waals surface area contributed by atoms with Crippen LogP contribution in [0.25, 0.3) is 10.9 Å². The summed E-state index contributed by atoms with van der Waals surface area (Å²) in [5.41, 5.74) is 2.76. The molecule has 1 aromatic carbocycles. The molecule has 3 fully saturated rings. The number of benzene rings is 1. The summed E-state index contributed by atoms with van der Waals surface area (Å²) in [5, 5.41) is 11.5. The van der Waals surface area contributed by atoms with Crippen LogP contribution in [-0.4, -0.2) is 86.1 Å². The number of aliphatic hydroxyl groups is 1. The molecule has 7 heteroatoms. The molecule has 3 aromatic rings. The number of hydrogen-bond acceptors (Lipinski definition) is 6. The van der Waals surface area contributed by atoms with Crippen LogP contribution in [-0.2, 0) is 6.54 Å². The summed E-state index contributed by atoms with van der Waals surface area (Å²) >= 11 is 0. The Morgan fingerprint density at radius 3 is 2.81 bits per heavy atom. The predicted octanol–water partition coefficient (Wildman–Crippen LogP) is 1.78. The van der Waals surface area contributed by atoms with Gasteiger partial charge in [-0.3, -0.25) is 24.6 Å². The summed E-state index contributed by atoms with van der Waals surface area (Å²) in [6, 6.07) is 14.3. The average Bonchev–Trinajstić information content (AvgIpc) is 3.18. The van der Waals surface area contributed by atoms with Crippen molar-refractivity contribution in [3.63, 3.8) is 0 Å². The number of aromatic nitrogens is 2. The van der Waals surface area contributed by atoms with Crippen molar-refractivity contribution in [1.29, 1.82) is 0 Å². The summed E-state index contributed by atoms with van der Waals surface area (Å²) in [7, 11) is 0. The van der Waals surface area contributed by atoms with E-state index in [0.717, 1.165) is 37.0 Å². The van der Waals surface area contributed by atoms with Gasteiger partial charge in [-0.05, 0) is 36.2 Å². The summed E-state index contributed by atoms with van der Waals surface area (Å²) in [6.07, 6.45) is 5.71. The van der Waals surface area contributed by atoms with E-state index in [1.165, 1.54) is 5.56 Å². The molecule has 5 heterocycles. The number of aliphatic hydroxyl groups excluding tert-OH is 1. The number of amides is 1. The fourth-order valence-electron chi connectivity index (χ4n) is 5.88. The molecule has 0 aliphatic carbocycles. The normalized spacial score (nSPS) is 25.1. The second kappa shape index (κ2) is 7.62. The van der Waals surface area contributed by atoms with E-state index in [1.807, 2.05) is 35.4 Å². The minimum Gasteiger partial charge on any atom is -0.392 e. The van der Waals surface area contributed by atoms with Gasteiger partial charge in [0.1, 0.15) is 0 Å². The van der Waals surface area contributed by atoms with Gasteiger partial charge in [0.05, 0.1) is 22.7 Å². The fourth-order valence-corrected chi connectivity index (χ4v) is 5.88. The SMILES string of the molecule is O=C(c1cccnc1)N1C[C@@H]2C[C@@H](O)CN2C2(CN(Cc3cnc4ccccc4c3)C2)C1. The lowest BCUT2D eigenvalue weighted by molar-refractivity contribution is -0.108. The van der Waals surface area contributed by atoms with Gasteiger partial charge < -0.3 is 10.0 Å². The Bertz CT molecular complexity index is 1150. The number of carbonyl (C=O) groups is 1. The molecule has 0 bridgehead atoms. The molecule has 7 nitrogen and oxygen atoms in total. The zero-order valence-corrected chi connectivity index (χ0v) is 18.0. The maximum atomic E-state index is 13.2. The van der Waals surface area contributed by atoms with Gasteiger partial charge >= 0.3 is 0 Å². The number of fused-ring (bicyclic) bond motifs is 3. The van der Waals surface area contributed by atoms with Gasteiger partial charge in [-0.2, -0.15) is 0 Å². The maximum Gasteiger partial charge on any atom is 0.255 e. The lowest BCUT2D eigenvalue weighted by Crippen LogP contribution is -2.78. The highest BCUT2D eigenvalue weighted by atomic mass is 16.3. The highest BCUT2D eigenvalue weighted by Crippen LogP contribution is 2.39. The van der Waals surface area contributed by atoms with Crippen molar-refractivity contribution in [2.24, 2.45) is 0 Å². The number of carbonyl (C=O) groups excluding carboxylic acids is 1. The van der Waals surface area contributed by atoms with Crippen LogP contribution >= 0.6 is 0 Å². The van der Waals surface area contributed by atoms with E-state index in [0.29, 0.717) is 25.2 Å². The van der Waals surface area contributed by atoms with E-state index >= 15 is 0 Å². The largest absolute Gasteiger partial charge is 0.392 e. The van der Waals surface area contributed by atoms with Gasteiger partial charge in [-0.15, -0.1) is 0 Å². The van der Waals surface area contributed by atoms with Crippen LogP contribution in [0.3, 0.4) is 0 Å². The minimum absolute atomic E-state index is 0.0377. The summed E-state index contributed by atoms with van der Waals surface area (Å²) in [4.78, 5) is 28.8. The molecule has 1 spiro atoms. The monoisotopic (exact) mass is 429 g/mol. The molecule has 3 aliphatic heterocycles. The van der Waals surface area contributed by atoms with Crippen molar-refractivity contribution in [1.82, 2.24) is 24.7 Å². The van der Waals surface area contributed by atoms with Crippen molar-refractivity contribution in [3.05, 3.63) is 72.2 Å². The molecule has 3 saturated heterocycles. The number of β-amino-alcohol motifs (C(OH)–C–C–N with tert-alkyl or cyclic N) is 1. The molecule has 2 atom stereocenters. The van der Waals surface area contributed by atoms with Crippen molar-refractivity contribution in [2.75, 3.05) is 32.7 Å². The summed E-state index contributed by atoms with van der Waals surface area (Å²) < 4.78 is 0. The molecule has 164 valence electrons. The molecule has 0 saturated carbocycles. The Morgan fingerprint density at radius 1 is 1.09 bits per heavy atom. The number of piperazine rings is 1. The molecule has 3 aliphatic rings. The lowest BCUT2D eigenvalue weighted by Gasteiger charge is -2.61. The second-order valence-corrected chi connectivity index (χ2v) is 9.53. The Kier molecular flexibility index (Phi) is 4.71. The zero-order chi connectivity index (χ0) is 21.7. The Hall–Kier alpha value is -2.87. The van der Waals surface area contributed by atoms with Crippen molar-refractivity contribution in [2.45, 2.75) is 30.7 Å². The van der Waals surface area contributed by atoms with Gasteiger partial charge in [0.25, 0.3) is 5.91 Å². The van der Waals surface area contributed by atoms with Crippen LogP contribution in [0, 0.1) is 0 Å². The zero-order valence-electron chi connectivity index (χ0n) is 18.0. The highest BCUT2D eigenvalue weighted by Gasteiger charge is 2.56. The van der Waals surface area contributed by atoms with E-state index in [2.05, 4.69) is 31.9 Å². The first-order chi connectivity index (χ1) is 15.6.